The van der Waals surface area contributed by atoms with Gasteiger partial charge in [-0.05, 0) is 5.92 Å². The van der Waals surface area contributed by atoms with Gasteiger partial charge in [0.25, 0.3) is 0 Å². The van der Waals surface area contributed by atoms with E-state index in [1.165, 1.54) is 154 Å². The van der Waals surface area contributed by atoms with Crippen molar-refractivity contribution in [2.75, 3.05) is 0 Å². The summed E-state index contributed by atoms with van der Waals surface area (Å²) in [7, 11) is 0. The molecule has 0 fully saturated rings. The molecule has 0 saturated heterocycles. The Labute approximate surface area is 193 Å². The van der Waals surface area contributed by atoms with Crippen molar-refractivity contribution in [1.82, 2.24) is 0 Å². The fourth-order valence-electron chi connectivity index (χ4n) is 4.67. The van der Waals surface area contributed by atoms with Crippen molar-refractivity contribution >= 4 is 0 Å². The molecule has 2 radical (unpaired) electrons. The molecule has 0 aromatic rings. The van der Waals surface area contributed by atoms with Gasteiger partial charge in [-0.2, -0.15) is 0 Å². The van der Waals surface area contributed by atoms with Crippen LogP contribution >= 0.6 is 0 Å². The maximum absolute atomic E-state index is 3.93. The normalized spacial score (nSPS) is 12.5. The molecule has 0 rings (SSSR count). The van der Waals surface area contributed by atoms with Crippen LogP contribution in [0.3, 0.4) is 0 Å². The molecule has 0 aliphatic carbocycles. The van der Waals surface area contributed by atoms with Crippen LogP contribution in [0.5, 0.6) is 0 Å². The first kappa shape index (κ1) is 30.0. The highest BCUT2D eigenvalue weighted by molar-refractivity contribution is 4.56. The highest BCUT2D eigenvalue weighted by atomic mass is 14.1. The summed E-state index contributed by atoms with van der Waals surface area (Å²) in [6, 6.07) is 0. The summed E-state index contributed by atoms with van der Waals surface area (Å²) in [6.07, 6.45) is 37.1. The maximum atomic E-state index is 3.93. The van der Waals surface area contributed by atoms with Crippen LogP contribution in [0.4, 0.5) is 0 Å². The van der Waals surface area contributed by atoms with Crippen molar-refractivity contribution in [1.29, 1.82) is 0 Å². The monoisotopic (exact) mass is 420 g/mol. The fourth-order valence-corrected chi connectivity index (χ4v) is 4.67. The van der Waals surface area contributed by atoms with Crippen LogP contribution in [-0.2, 0) is 0 Å². The lowest BCUT2D eigenvalue weighted by molar-refractivity contribution is 0.431. The maximum Gasteiger partial charge on any atom is -0.0443 e. The predicted octanol–water partition coefficient (Wildman–Crippen LogP) is 11.4. The van der Waals surface area contributed by atoms with Crippen LogP contribution in [0.25, 0.3) is 0 Å². The first-order valence-electron chi connectivity index (χ1n) is 14.4. The Morgan fingerprint density at radius 3 is 0.767 bits per heavy atom. The largest absolute Gasteiger partial charge is 0.0625 e. The second kappa shape index (κ2) is 27.0. The third-order valence-corrected chi connectivity index (χ3v) is 6.89. The minimum atomic E-state index is 0.955. The third kappa shape index (κ3) is 26.0. The van der Waals surface area contributed by atoms with E-state index in [1.54, 1.807) is 0 Å². The van der Waals surface area contributed by atoms with Gasteiger partial charge >= 0.3 is 0 Å². The van der Waals surface area contributed by atoms with Gasteiger partial charge < -0.3 is 0 Å². The summed E-state index contributed by atoms with van der Waals surface area (Å²) < 4.78 is 0. The van der Waals surface area contributed by atoms with Crippen LogP contribution in [0.1, 0.15) is 174 Å². The lowest BCUT2D eigenvalue weighted by Crippen LogP contribution is -1.95. The van der Waals surface area contributed by atoms with Gasteiger partial charge in [-0.3, -0.25) is 0 Å². The molecule has 0 saturated carbocycles. The first-order chi connectivity index (χ1) is 14.8. The van der Waals surface area contributed by atoms with Gasteiger partial charge in [-0.15, -0.1) is 0 Å². The molecule has 0 aliphatic heterocycles. The van der Waals surface area contributed by atoms with Crippen LogP contribution < -0.4 is 0 Å². The van der Waals surface area contributed by atoms with Crippen LogP contribution in [0.2, 0.25) is 0 Å². The summed E-state index contributed by atoms with van der Waals surface area (Å²) in [5, 5.41) is 0. The van der Waals surface area contributed by atoms with E-state index in [9.17, 15) is 0 Å². The third-order valence-electron chi connectivity index (χ3n) is 6.89. The molecule has 0 nitrogen and oxygen atoms in total. The zero-order chi connectivity index (χ0) is 22.0. The summed E-state index contributed by atoms with van der Waals surface area (Å²) in [5.41, 5.74) is 0. The van der Waals surface area contributed by atoms with Crippen molar-refractivity contribution in [2.45, 2.75) is 174 Å². The van der Waals surface area contributed by atoms with Gasteiger partial charge in [0.15, 0.2) is 0 Å². The van der Waals surface area contributed by atoms with Gasteiger partial charge in [0, 0.05) is 0 Å². The molecule has 1 unspecified atom stereocenters. The quantitative estimate of drug-likeness (QED) is 0.122. The van der Waals surface area contributed by atoms with Crippen LogP contribution in [-0.4, -0.2) is 0 Å². The highest BCUT2D eigenvalue weighted by Gasteiger charge is 2.02. The second-order valence-electron chi connectivity index (χ2n) is 10.2. The van der Waals surface area contributed by atoms with Gasteiger partial charge in [0.2, 0.25) is 0 Å². The van der Waals surface area contributed by atoms with E-state index >= 15 is 0 Å². The van der Waals surface area contributed by atoms with E-state index in [4.69, 9.17) is 0 Å². The minimum absolute atomic E-state index is 0.955. The van der Waals surface area contributed by atoms with E-state index < -0.39 is 0 Å². The van der Waals surface area contributed by atoms with Gasteiger partial charge in [-0.25, -0.2) is 0 Å². The summed E-state index contributed by atoms with van der Waals surface area (Å²) in [6.45, 7) is 10.3. The summed E-state index contributed by atoms with van der Waals surface area (Å²) in [5.74, 6) is 0.955. The number of unbranched alkanes of at least 4 members (excludes halogenated alkanes) is 22. The molecule has 0 bridgehead atoms. The molecule has 1 atom stereocenters. The average molecular weight is 421 g/mol. The van der Waals surface area contributed by atoms with Crippen molar-refractivity contribution in [3.63, 3.8) is 0 Å². The van der Waals surface area contributed by atoms with Crippen molar-refractivity contribution < 1.29 is 0 Å². The van der Waals surface area contributed by atoms with Crippen molar-refractivity contribution in [3.05, 3.63) is 13.8 Å². The van der Waals surface area contributed by atoms with Gasteiger partial charge in [0.1, 0.15) is 0 Å². The topological polar surface area (TPSA) is 0 Å². The lowest BCUT2D eigenvalue weighted by atomic mass is 9.96. The van der Waals surface area contributed by atoms with E-state index in [-0.39, 0.29) is 0 Å². The van der Waals surface area contributed by atoms with Crippen molar-refractivity contribution in [2.24, 2.45) is 5.92 Å². The lowest BCUT2D eigenvalue weighted by Gasteiger charge is -2.11. The number of rotatable bonds is 26. The molecule has 0 heterocycles. The average Bonchev–Trinajstić information content (AvgIpc) is 2.75. The second-order valence-corrected chi connectivity index (χ2v) is 10.2. The molecule has 30 heavy (non-hydrogen) atoms. The van der Waals surface area contributed by atoms with E-state index in [0.717, 1.165) is 18.8 Å². The number of hydrogen-bond acceptors (Lipinski definition) is 0. The zero-order valence-electron chi connectivity index (χ0n) is 21.4. The van der Waals surface area contributed by atoms with Crippen LogP contribution in [0, 0.1) is 19.8 Å². The molecule has 0 N–H and O–H groups in total. The summed E-state index contributed by atoms with van der Waals surface area (Å²) in [4.78, 5) is 0. The molecule has 180 valence electrons. The zero-order valence-corrected chi connectivity index (χ0v) is 21.4. The molecule has 0 spiro atoms. The Balaban J connectivity index is 3.09. The van der Waals surface area contributed by atoms with Gasteiger partial charge in [0.05, 0.1) is 0 Å². The predicted molar refractivity (Wildman–Crippen MR) is 140 cm³/mol. The molecule has 0 amide bonds. The van der Waals surface area contributed by atoms with Crippen LogP contribution in [0.15, 0.2) is 0 Å². The Hall–Kier alpha value is 0. The fraction of sp³-hybridized carbons (Fsp3) is 0.933. The van der Waals surface area contributed by atoms with Gasteiger partial charge in [-0.1, -0.05) is 188 Å². The van der Waals surface area contributed by atoms with E-state index in [1.807, 2.05) is 0 Å². The molecule has 0 heteroatoms. The Bertz CT molecular complexity index is 282. The highest BCUT2D eigenvalue weighted by Crippen LogP contribution is 2.19. The van der Waals surface area contributed by atoms with E-state index in [0.29, 0.717) is 0 Å². The Morgan fingerprint density at radius 2 is 0.533 bits per heavy atom. The smallest absolute Gasteiger partial charge is 0.0443 e. The first-order valence-corrected chi connectivity index (χ1v) is 14.4. The molecule has 0 aromatic carbocycles. The summed E-state index contributed by atoms with van der Waals surface area (Å²) >= 11 is 0. The molecule has 0 aliphatic rings. The molecule has 0 aromatic heterocycles. The Kier molecular flexibility index (Phi) is 27.0. The minimum Gasteiger partial charge on any atom is -0.0625 e. The standard InChI is InChI=1S/C30H60/c1-4-6-8-10-12-13-14-15-16-17-18-19-20-21-22-23-25-27-29-30(3)28-26-24-11-9-7-5-2/h30H,1-2,4-29H2,3H3. The Morgan fingerprint density at radius 1 is 0.333 bits per heavy atom. The SMILES string of the molecule is [CH2]CCCCCCCCCCCCCCCCCCCC(C)CCCCCCC[CH2]. The van der Waals surface area contributed by atoms with E-state index in [2.05, 4.69) is 20.8 Å². The number of hydrogen-bond donors (Lipinski definition) is 0. The molecular formula is C30H60. The molecular weight excluding hydrogens is 360 g/mol. The van der Waals surface area contributed by atoms with Crippen molar-refractivity contribution in [3.8, 4) is 0 Å².